The van der Waals surface area contributed by atoms with Crippen LogP contribution in [0, 0.1) is 0 Å². The Labute approximate surface area is 102 Å². The van der Waals surface area contributed by atoms with E-state index in [0.717, 1.165) is 31.4 Å². The lowest BCUT2D eigenvalue weighted by atomic mass is 9.89. The number of nitrogens with zero attached hydrogens (tertiary/aromatic N) is 1. The van der Waals surface area contributed by atoms with Gasteiger partial charge in [0.2, 0.25) is 0 Å². The minimum absolute atomic E-state index is 0.0193. The molecule has 0 spiro atoms. The van der Waals surface area contributed by atoms with Crippen LogP contribution >= 0.6 is 0 Å². The van der Waals surface area contributed by atoms with Gasteiger partial charge in [0.15, 0.2) is 0 Å². The van der Waals surface area contributed by atoms with Crippen LogP contribution in [0.15, 0.2) is 18.3 Å². The number of carboxylic acids is 1. The van der Waals surface area contributed by atoms with Crippen LogP contribution < -0.4 is 0 Å². The summed E-state index contributed by atoms with van der Waals surface area (Å²) in [7, 11) is 0. The quantitative estimate of drug-likeness (QED) is 0.855. The van der Waals surface area contributed by atoms with Crippen molar-refractivity contribution in [3.05, 3.63) is 24.0 Å². The summed E-state index contributed by atoms with van der Waals surface area (Å²) in [6, 6.07) is 4.01. The van der Waals surface area contributed by atoms with Crippen molar-refractivity contribution in [2.45, 2.75) is 57.4 Å². The lowest BCUT2D eigenvalue weighted by Crippen LogP contribution is -2.41. The second-order valence-electron chi connectivity index (χ2n) is 6.06. The average Bonchev–Trinajstić information content (AvgIpc) is 2.86. The van der Waals surface area contributed by atoms with E-state index in [2.05, 4.69) is 20.8 Å². The van der Waals surface area contributed by atoms with Gasteiger partial charge >= 0.3 is 5.97 Å². The Kier molecular flexibility index (Phi) is 2.80. The lowest BCUT2D eigenvalue weighted by molar-refractivity contribution is -0.147. The SMILES string of the molecule is CC(C)(C)c1cccn1C1(C(=O)O)CCCC1. The smallest absolute Gasteiger partial charge is 0.329 e. The number of rotatable bonds is 2. The van der Waals surface area contributed by atoms with Crippen molar-refractivity contribution in [1.82, 2.24) is 4.57 Å². The molecule has 0 bridgehead atoms. The first-order chi connectivity index (χ1) is 7.88. The minimum atomic E-state index is -0.702. The molecule has 1 aliphatic rings. The standard InChI is InChI=1S/C14H21NO2/c1-13(2,3)11-7-6-10-15(11)14(12(16)17)8-4-5-9-14/h6-7,10H,4-5,8-9H2,1-3H3,(H,16,17). The number of hydrogen-bond donors (Lipinski definition) is 1. The van der Waals surface area contributed by atoms with Crippen molar-refractivity contribution in [2.24, 2.45) is 0 Å². The van der Waals surface area contributed by atoms with Crippen molar-refractivity contribution >= 4 is 5.97 Å². The predicted octanol–water partition coefficient (Wildman–Crippen LogP) is 3.14. The van der Waals surface area contributed by atoms with Gasteiger partial charge in [0.1, 0.15) is 5.54 Å². The maximum Gasteiger partial charge on any atom is 0.329 e. The molecule has 3 nitrogen and oxygen atoms in total. The van der Waals surface area contributed by atoms with Gasteiger partial charge in [-0.1, -0.05) is 33.6 Å². The number of aromatic nitrogens is 1. The molecule has 0 saturated heterocycles. The zero-order chi connectivity index (χ0) is 12.7. The van der Waals surface area contributed by atoms with Gasteiger partial charge in [0.25, 0.3) is 0 Å². The molecule has 0 amide bonds. The molecule has 1 aromatic heterocycles. The molecule has 1 saturated carbocycles. The largest absolute Gasteiger partial charge is 0.479 e. The van der Waals surface area contributed by atoms with E-state index < -0.39 is 11.5 Å². The van der Waals surface area contributed by atoms with Crippen LogP contribution in [0.5, 0.6) is 0 Å². The van der Waals surface area contributed by atoms with Gasteiger partial charge < -0.3 is 9.67 Å². The Balaban J connectivity index is 2.52. The Hall–Kier alpha value is -1.25. The van der Waals surface area contributed by atoms with Gasteiger partial charge in [-0.2, -0.15) is 0 Å². The maximum atomic E-state index is 11.7. The Morgan fingerprint density at radius 1 is 1.35 bits per heavy atom. The van der Waals surface area contributed by atoms with Gasteiger partial charge in [0, 0.05) is 17.3 Å². The first-order valence-electron chi connectivity index (χ1n) is 6.30. The van der Waals surface area contributed by atoms with Crippen LogP contribution in [0.2, 0.25) is 0 Å². The molecule has 1 aromatic rings. The van der Waals surface area contributed by atoms with E-state index in [1.807, 2.05) is 22.9 Å². The van der Waals surface area contributed by atoms with Gasteiger partial charge in [-0.15, -0.1) is 0 Å². The molecular formula is C14H21NO2. The van der Waals surface area contributed by atoms with Gasteiger partial charge in [-0.3, -0.25) is 0 Å². The first kappa shape index (κ1) is 12.2. The van der Waals surface area contributed by atoms with E-state index >= 15 is 0 Å². The molecule has 94 valence electrons. The third-order valence-corrected chi connectivity index (χ3v) is 3.81. The highest BCUT2D eigenvalue weighted by molar-refractivity contribution is 5.77. The first-order valence-corrected chi connectivity index (χ1v) is 6.30. The predicted molar refractivity (Wildman–Crippen MR) is 67.2 cm³/mol. The normalized spacial score (nSPS) is 19.5. The highest BCUT2D eigenvalue weighted by atomic mass is 16.4. The van der Waals surface area contributed by atoms with Crippen molar-refractivity contribution < 1.29 is 9.90 Å². The molecule has 0 aromatic carbocycles. The summed E-state index contributed by atoms with van der Waals surface area (Å²) in [5.41, 5.74) is 0.391. The summed E-state index contributed by atoms with van der Waals surface area (Å²) in [4.78, 5) is 11.7. The summed E-state index contributed by atoms with van der Waals surface area (Å²) in [5.74, 6) is -0.684. The van der Waals surface area contributed by atoms with E-state index in [1.165, 1.54) is 0 Å². The minimum Gasteiger partial charge on any atom is -0.479 e. The molecule has 0 unspecified atom stereocenters. The molecule has 0 aliphatic heterocycles. The van der Waals surface area contributed by atoms with Crippen LogP contribution in [-0.2, 0) is 15.7 Å². The van der Waals surface area contributed by atoms with Crippen LogP contribution in [-0.4, -0.2) is 15.6 Å². The number of carbonyl (C=O) groups is 1. The summed E-state index contributed by atoms with van der Waals surface area (Å²) in [6.45, 7) is 6.38. The molecule has 3 heteroatoms. The average molecular weight is 235 g/mol. The second-order valence-corrected chi connectivity index (χ2v) is 6.06. The van der Waals surface area contributed by atoms with Gasteiger partial charge in [0.05, 0.1) is 0 Å². The third-order valence-electron chi connectivity index (χ3n) is 3.81. The van der Waals surface area contributed by atoms with E-state index in [-0.39, 0.29) is 5.41 Å². The topological polar surface area (TPSA) is 42.2 Å². The Morgan fingerprint density at radius 2 is 1.94 bits per heavy atom. The molecule has 1 aliphatic carbocycles. The molecule has 0 atom stereocenters. The fraction of sp³-hybridized carbons (Fsp3) is 0.643. The van der Waals surface area contributed by atoms with E-state index in [9.17, 15) is 9.90 Å². The van der Waals surface area contributed by atoms with Crippen LogP contribution in [0.1, 0.15) is 52.1 Å². The zero-order valence-corrected chi connectivity index (χ0v) is 10.9. The van der Waals surface area contributed by atoms with Crippen molar-refractivity contribution in [2.75, 3.05) is 0 Å². The third kappa shape index (κ3) is 1.88. The maximum absolute atomic E-state index is 11.7. The van der Waals surface area contributed by atoms with Crippen LogP contribution in [0.4, 0.5) is 0 Å². The molecule has 17 heavy (non-hydrogen) atoms. The van der Waals surface area contributed by atoms with Crippen LogP contribution in [0.3, 0.4) is 0 Å². The fourth-order valence-electron chi connectivity index (χ4n) is 2.88. The molecule has 1 N–H and O–H groups in total. The molecule has 1 heterocycles. The van der Waals surface area contributed by atoms with E-state index in [4.69, 9.17) is 0 Å². The summed E-state index contributed by atoms with van der Waals surface area (Å²) < 4.78 is 2.00. The Morgan fingerprint density at radius 3 is 2.41 bits per heavy atom. The van der Waals surface area contributed by atoms with Gasteiger partial charge in [-0.25, -0.2) is 4.79 Å². The molecule has 0 radical (unpaired) electrons. The highest BCUT2D eigenvalue weighted by Gasteiger charge is 2.44. The zero-order valence-electron chi connectivity index (χ0n) is 10.9. The lowest BCUT2D eigenvalue weighted by Gasteiger charge is -2.32. The number of carboxylic acid groups (broad SMARTS) is 1. The second kappa shape index (κ2) is 3.90. The molecular weight excluding hydrogens is 214 g/mol. The number of hydrogen-bond acceptors (Lipinski definition) is 1. The monoisotopic (exact) mass is 235 g/mol. The Bertz CT molecular complexity index is 420. The highest BCUT2D eigenvalue weighted by Crippen LogP contribution is 2.40. The van der Waals surface area contributed by atoms with Crippen molar-refractivity contribution in [3.63, 3.8) is 0 Å². The summed E-state index contributed by atoms with van der Waals surface area (Å²) >= 11 is 0. The molecule has 1 fully saturated rings. The van der Waals surface area contributed by atoms with Gasteiger partial charge in [-0.05, 0) is 25.0 Å². The van der Waals surface area contributed by atoms with Crippen LogP contribution in [0.25, 0.3) is 0 Å². The van der Waals surface area contributed by atoms with Crippen molar-refractivity contribution in [1.29, 1.82) is 0 Å². The summed E-state index contributed by atoms with van der Waals surface area (Å²) in [5, 5.41) is 9.60. The van der Waals surface area contributed by atoms with Crippen molar-refractivity contribution in [3.8, 4) is 0 Å². The molecule has 2 rings (SSSR count). The van der Waals surface area contributed by atoms with E-state index in [0.29, 0.717) is 0 Å². The van der Waals surface area contributed by atoms with E-state index in [1.54, 1.807) is 0 Å². The fourth-order valence-corrected chi connectivity index (χ4v) is 2.88. The summed E-state index contributed by atoms with van der Waals surface area (Å²) in [6.07, 6.45) is 5.45. The number of aliphatic carboxylic acids is 1.